The normalized spacial score (nSPS) is 14.8. The van der Waals surface area contributed by atoms with Gasteiger partial charge in [-0.3, -0.25) is 0 Å². The van der Waals surface area contributed by atoms with Crippen molar-refractivity contribution < 1.29 is 13.2 Å². The van der Waals surface area contributed by atoms with E-state index < -0.39 is 5.51 Å². The number of thioether (sulfide) groups is 1. The maximum atomic E-state index is 11.8. The van der Waals surface area contributed by atoms with Crippen LogP contribution in [0.3, 0.4) is 0 Å². The first-order chi connectivity index (χ1) is 6.31. The molecule has 0 saturated carbocycles. The minimum Gasteiger partial charge on any atom is -0.314 e. The van der Waals surface area contributed by atoms with Crippen LogP contribution in [-0.2, 0) is 0 Å². The Morgan fingerprint density at radius 2 is 1.79 bits per heavy atom. The number of hydrogen-bond acceptors (Lipinski definition) is 2. The van der Waals surface area contributed by atoms with E-state index in [-0.39, 0.29) is 17.5 Å². The van der Waals surface area contributed by atoms with Crippen LogP contribution >= 0.6 is 11.8 Å². The number of hydrogen-bond donors (Lipinski definition) is 1. The molecular formula is C9H18F3NS. The van der Waals surface area contributed by atoms with Crippen LogP contribution < -0.4 is 5.32 Å². The number of alkyl halides is 3. The van der Waals surface area contributed by atoms with Crippen molar-refractivity contribution in [3.05, 3.63) is 0 Å². The Bertz CT molecular complexity index is 147. The highest BCUT2D eigenvalue weighted by atomic mass is 32.2. The highest BCUT2D eigenvalue weighted by Gasteiger charge is 2.27. The maximum absolute atomic E-state index is 11.8. The molecule has 0 aliphatic heterocycles. The minimum absolute atomic E-state index is 0.0684. The van der Waals surface area contributed by atoms with E-state index in [1.165, 1.54) is 0 Å². The van der Waals surface area contributed by atoms with Crippen LogP contribution in [0.4, 0.5) is 13.2 Å². The molecule has 0 aromatic heterocycles. The lowest BCUT2D eigenvalue weighted by atomic mass is 10.1. The van der Waals surface area contributed by atoms with Crippen LogP contribution in [0.2, 0.25) is 0 Å². The second kappa shape index (κ2) is 6.56. The first-order valence-electron chi connectivity index (χ1n) is 4.75. The molecule has 0 spiro atoms. The first-order valence-corrected chi connectivity index (χ1v) is 5.74. The van der Waals surface area contributed by atoms with Crippen LogP contribution in [0.5, 0.6) is 0 Å². The van der Waals surface area contributed by atoms with Crippen molar-refractivity contribution in [2.45, 2.75) is 38.7 Å². The standard InChI is InChI=1S/C9H18F3NS/c1-7(2)13-6-8(3)4-5-14-9(10,11)12/h7-8,13H,4-6H2,1-3H3. The summed E-state index contributed by atoms with van der Waals surface area (Å²) in [5, 5.41) is 3.20. The predicted octanol–water partition coefficient (Wildman–Crippen LogP) is 3.26. The van der Waals surface area contributed by atoms with E-state index in [0.29, 0.717) is 18.4 Å². The zero-order chi connectivity index (χ0) is 11.2. The van der Waals surface area contributed by atoms with Crippen molar-refractivity contribution in [3.8, 4) is 0 Å². The van der Waals surface area contributed by atoms with Gasteiger partial charge in [0.25, 0.3) is 0 Å². The summed E-state index contributed by atoms with van der Waals surface area (Å²) in [5.74, 6) is 0.456. The molecule has 1 N–H and O–H groups in total. The monoisotopic (exact) mass is 229 g/mol. The fourth-order valence-corrected chi connectivity index (χ4v) is 1.67. The van der Waals surface area contributed by atoms with Crippen LogP contribution in [0.25, 0.3) is 0 Å². The molecule has 1 unspecified atom stereocenters. The third-order valence-electron chi connectivity index (χ3n) is 1.75. The number of nitrogens with one attached hydrogen (secondary N) is 1. The van der Waals surface area contributed by atoms with Crippen molar-refractivity contribution in [2.24, 2.45) is 5.92 Å². The molecule has 0 aromatic carbocycles. The van der Waals surface area contributed by atoms with E-state index in [9.17, 15) is 13.2 Å². The van der Waals surface area contributed by atoms with E-state index in [0.717, 1.165) is 6.54 Å². The largest absolute Gasteiger partial charge is 0.441 e. The third kappa shape index (κ3) is 10.2. The van der Waals surface area contributed by atoms with Gasteiger partial charge in [0.2, 0.25) is 0 Å². The van der Waals surface area contributed by atoms with E-state index in [4.69, 9.17) is 0 Å². The molecule has 0 aliphatic carbocycles. The van der Waals surface area contributed by atoms with Crippen molar-refractivity contribution in [1.82, 2.24) is 5.32 Å². The molecular weight excluding hydrogens is 211 g/mol. The zero-order valence-corrected chi connectivity index (χ0v) is 9.63. The molecule has 5 heteroatoms. The van der Waals surface area contributed by atoms with Crippen molar-refractivity contribution >= 4 is 11.8 Å². The van der Waals surface area contributed by atoms with Gasteiger partial charge in [0.05, 0.1) is 0 Å². The molecule has 0 aromatic rings. The van der Waals surface area contributed by atoms with Gasteiger partial charge in [-0.25, -0.2) is 0 Å². The molecule has 1 nitrogen and oxygen atoms in total. The first kappa shape index (κ1) is 14.1. The summed E-state index contributed by atoms with van der Waals surface area (Å²) in [5.41, 5.74) is -4.08. The third-order valence-corrected chi connectivity index (χ3v) is 2.52. The minimum atomic E-state index is -4.08. The lowest BCUT2D eigenvalue weighted by molar-refractivity contribution is -0.0328. The molecule has 0 saturated heterocycles. The van der Waals surface area contributed by atoms with E-state index in [2.05, 4.69) is 5.32 Å². The van der Waals surface area contributed by atoms with Gasteiger partial charge in [0.15, 0.2) is 0 Å². The second-order valence-corrected chi connectivity index (χ2v) is 4.91. The van der Waals surface area contributed by atoms with Gasteiger partial charge in [-0.2, -0.15) is 13.2 Å². The summed E-state index contributed by atoms with van der Waals surface area (Å²) in [6, 6.07) is 0.396. The fourth-order valence-electron chi connectivity index (χ4n) is 0.915. The Hall–Kier alpha value is 0.1000. The molecule has 0 fully saturated rings. The summed E-state index contributed by atoms with van der Waals surface area (Å²) in [7, 11) is 0. The number of rotatable bonds is 6. The molecule has 0 heterocycles. The second-order valence-electron chi connectivity index (χ2n) is 3.75. The van der Waals surface area contributed by atoms with Crippen LogP contribution in [0.15, 0.2) is 0 Å². The van der Waals surface area contributed by atoms with Crippen molar-refractivity contribution in [2.75, 3.05) is 12.3 Å². The average Bonchev–Trinajstić information content (AvgIpc) is 1.98. The van der Waals surface area contributed by atoms with Crippen molar-refractivity contribution in [1.29, 1.82) is 0 Å². The highest BCUT2D eigenvalue weighted by molar-refractivity contribution is 8.00. The molecule has 0 bridgehead atoms. The van der Waals surface area contributed by atoms with Gasteiger partial charge in [0, 0.05) is 11.8 Å². The lowest BCUT2D eigenvalue weighted by Crippen LogP contribution is -2.28. The van der Waals surface area contributed by atoms with Gasteiger partial charge >= 0.3 is 5.51 Å². The summed E-state index contributed by atoms with van der Waals surface area (Å²) in [4.78, 5) is 0. The van der Waals surface area contributed by atoms with E-state index >= 15 is 0 Å². The molecule has 1 atom stereocenters. The van der Waals surface area contributed by atoms with Crippen LogP contribution in [-0.4, -0.2) is 23.8 Å². The van der Waals surface area contributed by atoms with E-state index in [1.54, 1.807) is 0 Å². The van der Waals surface area contributed by atoms with E-state index in [1.807, 2.05) is 20.8 Å². The Morgan fingerprint density at radius 3 is 2.21 bits per heavy atom. The SMILES string of the molecule is CC(CCSC(F)(F)F)CNC(C)C. The Balaban J connectivity index is 3.40. The topological polar surface area (TPSA) is 12.0 Å². The van der Waals surface area contributed by atoms with Gasteiger partial charge in [-0.15, -0.1) is 0 Å². The highest BCUT2D eigenvalue weighted by Crippen LogP contribution is 2.31. The zero-order valence-electron chi connectivity index (χ0n) is 8.82. The van der Waals surface area contributed by atoms with Gasteiger partial charge in [-0.1, -0.05) is 32.5 Å². The molecule has 0 rings (SSSR count). The van der Waals surface area contributed by atoms with Crippen LogP contribution in [0.1, 0.15) is 27.2 Å². The average molecular weight is 229 g/mol. The lowest BCUT2D eigenvalue weighted by Gasteiger charge is -2.14. The number of halogens is 3. The molecule has 14 heavy (non-hydrogen) atoms. The van der Waals surface area contributed by atoms with Gasteiger partial charge < -0.3 is 5.32 Å². The molecule has 0 amide bonds. The molecule has 86 valence electrons. The van der Waals surface area contributed by atoms with Gasteiger partial charge in [-0.05, 0) is 18.9 Å². The van der Waals surface area contributed by atoms with Crippen molar-refractivity contribution in [3.63, 3.8) is 0 Å². The maximum Gasteiger partial charge on any atom is 0.441 e. The Labute approximate surface area is 87.8 Å². The smallest absolute Gasteiger partial charge is 0.314 e. The summed E-state index contributed by atoms with van der Waals surface area (Å²) < 4.78 is 35.3. The predicted molar refractivity (Wildman–Crippen MR) is 55.4 cm³/mol. The summed E-state index contributed by atoms with van der Waals surface area (Å²) >= 11 is 0.0684. The fraction of sp³-hybridized carbons (Fsp3) is 1.00. The summed E-state index contributed by atoms with van der Waals surface area (Å²) in [6.45, 7) is 6.80. The molecule has 0 radical (unpaired) electrons. The summed E-state index contributed by atoms with van der Waals surface area (Å²) in [6.07, 6.45) is 0.601. The Kier molecular flexibility index (Phi) is 6.61. The quantitative estimate of drug-likeness (QED) is 0.750. The molecule has 0 aliphatic rings. The van der Waals surface area contributed by atoms with Gasteiger partial charge in [0.1, 0.15) is 0 Å². The van der Waals surface area contributed by atoms with Crippen LogP contribution in [0, 0.1) is 5.92 Å². The Morgan fingerprint density at radius 1 is 1.21 bits per heavy atom.